The lowest BCUT2D eigenvalue weighted by molar-refractivity contribution is -0.384. The van der Waals surface area contributed by atoms with E-state index in [1.54, 1.807) is 22.8 Å². The molecular formula is C17H21N3O5. The van der Waals surface area contributed by atoms with Crippen LogP contribution in [0.5, 0.6) is 0 Å². The van der Waals surface area contributed by atoms with Crippen LogP contribution in [0.15, 0.2) is 18.2 Å². The highest BCUT2D eigenvalue weighted by Gasteiger charge is 2.37. The highest BCUT2D eigenvalue weighted by atomic mass is 16.6. The van der Waals surface area contributed by atoms with Crippen LogP contribution in [0.25, 0.3) is 0 Å². The second-order valence-electron chi connectivity index (χ2n) is 6.35. The monoisotopic (exact) mass is 347 g/mol. The summed E-state index contributed by atoms with van der Waals surface area (Å²) >= 11 is 0. The number of non-ortho nitro benzene ring substituents is 1. The van der Waals surface area contributed by atoms with Crippen molar-refractivity contribution < 1.29 is 19.2 Å². The van der Waals surface area contributed by atoms with E-state index >= 15 is 0 Å². The minimum absolute atomic E-state index is 0.0581. The quantitative estimate of drug-likeness (QED) is 0.608. The number of hydrogen-bond acceptors (Lipinski definition) is 5. The van der Waals surface area contributed by atoms with Crippen molar-refractivity contribution in [2.24, 2.45) is 0 Å². The predicted molar refractivity (Wildman–Crippen MR) is 89.3 cm³/mol. The Hall–Kier alpha value is -2.48. The summed E-state index contributed by atoms with van der Waals surface area (Å²) in [6.07, 6.45) is 1.37. The lowest BCUT2D eigenvalue weighted by atomic mass is 10.1. The molecule has 2 fully saturated rings. The standard InChI is InChI=1S/C17H21N3O5/c1-12-4-5-13(20(23)24)11-14(12)16(21)19-6-2-3-15(19)17(22)18-7-9-25-10-8-18/h4-5,11,15H,2-3,6-10H2,1H3/t15-/m0/s1. The molecule has 2 amide bonds. The molecule has 0 radical (unpaired) electrons. The van der Waals surface area contributed by atoms with E-state index in [-0.39, 0.29) is 23.1 Å². The maximum atomic E-state index is 12.9. The summed E-state index contributed by atoms with van der Waals surface area (Å²) in [4.78, 5) is 39.5. The van der Waals surface area contributed by atoms with Crippen molar-refractivity contribution in [1.82, 2.24) is 9.80 Å². The number of amides is 2. The van der Waals surface area contributed by atoms with Gasteiger partial charge in [0.15, 0.2) is 0 Å². The third kappa shape index (κ3) is 3.48. The highest BCUT2D eigenvalue weighted by molar-refractivity contribution is 5.99. The van der Waals surface area contributed by atoms with Gasteiger partial charge >= 0.3 is 0 Å². The fourth-order valence-electron chi connectivity index (χ4n) is 3.37. The van der Waals surface area contributed by atoms with Gasteiger partial charge in [-0.1, -0.05) is 6.07 Å². The Morgan fingerprint density at radius 1 is 1.24 bits per heavy atom. The van der Waals surface area contributed by atoms with Gasteiger partial charge in [0.2, 0.25) is 5.91 Å². The molecule has 8 nitrogen and oxygen atoms in total. The summed E-state index contributed by atoms with van der Waals surface area (Å²) in [5.74, 6) is -0.373. The van der Waals surface area contributed by atoms with E-state index in [4.69, 9.17) is 4.74 Å². The lowest BCUT2D eigenvalue weighted by Gasteiger charge is -2.32. The molecule has 2 aliphatic heterocycles. The molecule has 25 heavy (non-hydrogen) atoms. The number of likely N-dealkylation sites (tertiary alicyclic amines) is 1. The molecule has 134 valence electrons. The van der Waals surface area contributed by atoms with Crippen LogP contribution in [0.2, 0.25) is 0 Å². The van der Waals surface area contributed by atoms with Gasteiger partial charge in [0, 0.05) is 37.3 Å². The second-order valence-corrected chi connectivity index (χ2v) is 6.35. The van der Waals surface area contributed by atoms with E-state index in [0.717, 1.165) is 6.42 Å². The number of morpholine rings is 1. The maximum Gasteiger partial charge on any atom is 0.270 e. The highest BCUT2D eigenvalue weighted by Crippen LogP contribution is 2.25. The molecule has 0 aliphatic carbocycles. The van der Waals surface area contributed by atoms with Crippen molar-refractivity contribution in [3.8, 4) is 0 Å². The number of benzene rings is 1. The van der Waals surface area contributed by atoms with Gasteiger partial charge in [-0.25, -0.2) is 0 Å². The maximum absolute atomic E-state index is 12.9. The Morgan fingerprint density at radius 3 is 2.64 bits per heavy atom. The Balaban J connectivity index is 1.82. The zero-order valence-electron chi connectivity index (χ0n) is 14.1. The molecule has 0 unspecified atom stereocenters. The number of nitro groups is 1. The average Bonchev–Trinajstić information content (AvgIpc) is 3.11. The number of hydrogen-bond donors (Lipinski definition) is 0. The van der Waals surface area contributed by atoms with Gasteiger partial charge < -0.3 is 14.5 Å². The third-order valence-electron chi connectivity index (χ3n) is 4.78. The normalized spacial score (nSPS) is 20.6. The van der Waals surface area contributed by atoms with E-state index in [2.05, 4.69) is 0 Å². The fourth-order valence-corrected chi connectivity index (χ4v) is 3.37. The fraction of sp³-hybridized carbons (Fsp3) is 0.529. The first-order chi connectivity index (χ1) is 12.0. The van der Waals surface area contributed by atoms with Crippen LogP contribution >= 0.6 is 0 Å². The van der Waals surface area contributed by atoms with Gasteiger partial charge in [-0.15, -0.1) is 0 Å². The van der Waals surface area contributed by atoms with Crippen LogP contribution in [0.3, 0.4) is 0 Å². The van der Waals surface area contributed by atoms with Crippen LogP contribution < -0.4 is 0 Å². The van der Waals surface area contributed by atoms with Crippen molar-refractivity contribution in [2.45, 2.75) is 25.8 Å². The van der Waals surface area contributed by atoms with E-state index in [1.807, 2.05) is 0 Å². The molecule has 0 saturated carbocycles. The lowest BCUT2D eigenvalue weighted by Crippen LogP contribution is -2.51. The van der Waals surface area contributed by atoms with Crippen molar-refractivity contribution in [3.63, 3.8) is 0 Å². The molecular weight excluding hydrogens is 326 g/mol. The van der Waals surface area contributed by atoms with E-state index < -0.39 is 11.0 Å². The second kappa shape index (κ2) is 7.18. The van der Waals surface area contributed by atoms with E-state index in [9.17, 15) is 19.7 Å². The summed E-state index contributed by atoms with van der Waals surface area (Å²) in [5, 5.41) is 11.0. The predicted octanol–water partition coefficient (Wildman–Crippen LogP) is 1.37. The number of ether oxygens (including phenoxy) is 1. The molecule has 3 rings (SSSR count). The smallest absolute Gasteiger partial charge is 0.270 e. The zero-order chi connectivity index (χ0) is 18.0. The molecule has 0 N–H and O–H groups in total. The van der Waals surface area contributed by atoms with Crippen LogP contribution in [0, 0.1) is 17.0 Å². The van der Waals surface area contributed by atoms with Crippen molar-refractivity contribution in [1.29, 1.82) is 0 Å². The largest absolute Gasteiger partial charge is 0.378 e. The SMILES string of the molecule is Cc1ccc([N+](=O)[O-])cc1C(=O)N1CCC[C@H]1C(=O)N1CCOCC1. The van der Waals surface area contributed by atoms with Gasteiger partial charge in [-0.05, 0) is 25.3 Å². The van der Waals surface area contributed by atoms with Crippen molar-refractivity contribution >= 4 is 17.5 Å². The Bertz CT molecular complexity index is 700. The molecule has 2 heterocycles. The molecule has 1 aromatic carbocycles. The van der Waals surface area contributed by atoms with Crippen LogP contribution in [-0.2, 0) is 9.53 Å². The molecule has 0 spiro atoms. The molecule has 0 aromatic heterocycles. The first-order valence-corrected chi connectivity index (χ1v) is 8.41. The average molecular weight is 347 g/mol. The van der Waals surface area contributed by atoms with Crippen molar-refractivity contribution in [2.75, 3.05) is 32.8 Å². The number of rotatable bonds is 3. The number of nitro benzene ring substituents is 1. The van der Waals surface area contributed by atoms with Crippen molar-refractivity contribution in [3.05, 3.63) is 39.4 Å². The van der Waals surface area contributed by atoms with E-state index in [1.165, 1.54) is 12.1 Å². The number of nitrogens with zero attached hydrogens (tertiary/aromatic N) is 3. The summed E-state index contributed by atoms with van der Waals surface area (Å²) < 4.78 is 5.27. The Labute approximate surface area is 145 Å². The molecule has 0 bridgehead atoms. The van der Waals surface area contributed by atoms with Crippen LogP contribution in [0.1, 0.15) is 28.8 Å². The summed E-state index contributed by atoms with van der Waals surface area (Å²) in [6.45, 7) is 4.32. The Morgan fingerprint density at radius 2 is 1.96 bits per heavy atom. The molecule has 1 atom stereocenters. The summed E-state index contributed by atoms with van der Waals surface area (Å²) in [6, 6.07) is 3.75. The third-order valence-corrected chi connectivity index (χ3v) is 4.78. The topological polar surface area (TPSA) is 93.0 Å². The summed E-state index contributed by atoms with van der Waals surface area (Å²) in [7, 11) is 0. The van der Waals surface area contributed by atoms with Gasteiger partial charge in [0.25, 0.3) is 11.6 Å². The number of aryl methyl sites for hydroxylation is 1. The van der Waals surface area contributed by atoms with E-state index in [0.29, 0.717) is 44.8 Å². The minimum Gasteiger partial charge on any atom is -0.378 e. The zero-order valence-corrected chi connectivity index (χ0v) is 14.1. The molecule has 2 saturated heterocycles. The number of carbonyl (C=O) groups excluding carboxylic acids is 2. The minimum atomic E-state index is -0.517. The van der Waals surface area contributed by atoms with Gasteiger partial charge in [-0.3, -0.25) is 19.7 Å². The Kier molecular flexibility index (Phi) is 4.98. The molecule has 8 heteroatoms. The first-order valence-electron chi connectivity index (χ1n) is 8.41. The number of carbonyl (C=O) groups is 2. The first kappa shape index (κ1) is 17.3. The van der Waals surface area contributed by atoms with Crippen LogP contribution in [-0.4, -0.2) is 65.4 Å². The van der Waals surface area contributed by atoms with Gasteiger partial charge in [0.05, 0.1) is 18.1 Å². The molecule has 1 aromatic rings. The summed E-state index contributed by atoms with van der Waals surface area (Å²) in [5.41, 5.74) is 0.833. The van der Waals surface area contributed by atoms with Crippen LogP contribution in [0.4, 0.5) is 5.69 Å². The van der Waals surface area contributed by atoms with Gasteiger partial charge in [0.1, 0.15) is 6.04 Å². The van der Waals surface area contributed by atoms with Gasteiger partial charge in [-0.2, -0.15) is 0 Å². The molecule has 2 aliphatic rings.